The quantitative estimate of drug-likeness (QED) is 0.905. The zero-order chi connectivity index (χ0) is 17.6. The zero-order valence-corrected chi connectivity index (χ0v) is 14.3. The van der Waals surface area contributed by atoms with Gasteiger partial charge in [0.15, 0.2) is 0 Å². The molecule has 1 fully saturated rings. The number of urea groups is 1. The first-order valence-electron chi connectivity index (χ1n) is 8.53. The van der Waals surface area contributed by atoms with E-state index in [0.717, 1.165) is 18.4 Å². The molecule has 0 radical (unpaired) electrons. The van der Waals surface area contributed by atoms with Crippen LogP contribution in [0.1, 0.15) is 17.5 Å². The summed E-state index contributed by atoms with van der Waals surface area (Å²) in [6, 6.07) is 16.2. The number of carbonyl (C=O) groups is 1. The third-order valence-corrected chi connectivity index (χ3v) is 4.67. The first kappa shape index (κ1) is 17.4. The lowest BCUT2D eigenvalue weighted by molar-refractivity contribution is 0.0724. The summed E-state index contributed by atoms with van der Waals surface area (Å²) >= 11 is 0. The Morgan fingerprint density at radius 3 is 2.68 bits per heavy atom. The van der Waals surface area contributed by atoms with Gasteiger partial charge in [-0.25, -0.2) is 9.18 Å². The van der Waals surface area contributed by atoms with Crippen molar-refractivity contribution in [1.29, 1.82) is 0 Å². The van der Waals surface area contributed by atoms with E-state index in [1.807, 2.05) is 23.1 Å². The van der Waals surface area contributed by atoms with E-state index in [1.54, 1.807) is 19.2 Å². The summed E-state index contributed by atoms with van der Waals surface area (Å²) < 4.78 is 18.8. The fourth-order valence-corrected chi connectivity index (χ4v) is 3.38. The van der Waals surface area contributed by atoms with E-state index in [0.29, 0.717) is 13.1 Å². The monoisotopic (exact) mass is 342 g/mol. The molecule has 2 aromatic rings. The topological polar surface area (TPSA) is 41.6 Å². The average Bonchev–Trinajstić information content (AvgIpc) is 3.03. The number of ether oxygens (including phenoxy) is 1. The summed E-state index contributed by atoms with van der Waals surface area (Å²) in [6.07, 6.45) is 1.61. The molecule has 1 aliphatic rings. The van der Waals surface area contributed by atoms with Crippen LogP contribution >= 0.6 is 0 Å². The SMILES string of the molecule is CO[C@@H]1CCN(C(=O)NCc2cccc(F)c2)[C@H]1Cc1ccccc1. The molecular formula is C20H23FN2O2. The first-order valence-corrected chi connectivity index (χ1v) is 8.53. The molecule has 132 valence electrons. The predicted octanol–water partition coefficient (Wildman–Crippen LogP) is 3.37. The molecule has 1 N–H and O–H groups in total. The summed E-state index contributed by atoms with van der Waals surface area (Å²) in [7, 11) is 1.69. The third-order valence-electron chi connectivity index (χ3n) is 4.67. The Morgan fingerprint density at radius 1 is 1.20 bits per heavy atom. The number of methoxy groups -OCH3 is 1. The Bertz CT molecular complexity index is 708. The van der Waals surface area contributed by atoms with Gasteiger partial charge in [0.05, 0.1) is 12.1 Å². The van der Waals surface area contributed by atoms with Crippen molar-refractivity contribution in [2.75, 3.05) is 13.7 Å². The molecule has 1 heterocycles. The molecule has 0 bridgehead atoms. The van der Waals surface area contributed by atoms with Crippen LogP contribution in [0.5, 0.6) is 0 Å². The van der Waals surface area contributed by atoms with Crippen molar-refractivity contribution in [1.82, 2.24) is 10.2 Å². The number of nitrogens with zero attached hydrogens (tertiary/aromatic N) is 1. The van der Waals surface area contributed by atoms with Gasteiger partial charge in [0.2, 0.25) is 0 Å². The summed E-state index contributed by atoms with van der Waals surface area (Å²) in [5.41, 5.74) is 1.93. The fourth-order valence-electron chi connectivity index (χ4n) is 3.38. The van der Waals surface area contributed by atoms with Crippen LogP contribution in [-0.2, 0) is 17.7 Å². The van der Waals surface area contributed by atoms with Crippen LogP contribution in [0.2, 0.25) is 0 Å². The molecule has 4 nitrogen and oxygen atoms in total. The largest absolute Gasteiger partial charge is 0.379 e. The molecule has 0 aromatic heterocycles. The second-order valence-electron chi connectivity index (χ2n) is 6.30. The third kappa shape index (κ3) is 4.37. The van der Waals surface area contributed by atoms with Crippen molar-refractivity contribution in [3.8, 4) is 0 Å². The van der Waals surface area contributed by atoms with E-state index in [1.165, 1.54) is 17.7 Å². The molecule has 1 aliphatic heterocycles. The molecular weight excluding hydrogens is 319 g/mol. The van der Waals surface area contributed by atoms with E-state index < -0.39 is 0 Å². The van der Waals surface area contributed by atoms with Gasteiger partial charge >= 0.3 is 6.03 Å². The van der Waals surface area contributed by atoms with Gasteiger partial charge in [0.25, 0.3) is 0 Å². The Balaban J connectivity index is 1.65. The Labute approximate surface area is 147 Å². The minimum absolute atomic E-state index is 0.0000838. The number of nitrogens with one attached hydrogen (secondary N) is 1. The van der Waals surface area contributed by atoms with Crippen LogP contribution < -0.4 is 5.32 Å². The highest BCUT2D eigenvalue weighted by Gasteiger charge is 2.37. The smallest absolute Gasteiger partial charge is 0.318 e. The van der Waals surface area contributed by atoms with Gasteiger partial charge in [-0.3, -0.25) is 0 Å². The van der Waals surface area contributed by atoms with Crippen molar-refractivity contribution >= 4 is 6.03 Å². The minimum atomic E-state index is -0.297. The van der Waals surface area contributed by atoms with Crippen molar-refractivity contribution in [3.63, 3.8) is 0 Å². The van der Waals surface area contributed by atoms with E-state index >= 15 is 0 Å². The molecule has 3 rings (SSSR count). The number of halogens is 1. The van der Waals surface area contributed by atoms with E-state index in [4.69, 9.17) is 4.74 Å². The highest BCUT2D eigenvalue weighted by molar-refractivity contribution is 5.75. The Hall–Kier alpha value is -2.40. The van der Waals surface area contributed by atoms with Gasteiger partial charge in [-0.05, 0) is 36.1 Å². The number of hydrogen-bond acceptors (Lipinski definition) is 2. The van der Waals surface area contributed by atoms with Gasteiger partial charge in [0.1, 0.15) is 5.82 Å². The molecule has 5 heteroatoms. The van der Waals surface area contributed by atoms with Crippen LogP contribution in [0.4, 0.5) is 9.18 Å². The minimum Gasteiger partial charge on any atom is -0.379 e. The number of hydrogen-bond donors (Lipinski definition) is 1. The van der Waals surface area contributed by atoms with Gasteiger partial charge in [-0.2, -0.15) is 0 Å². The van der Waals surface area contributed by atoms with E-state index in [-0.39, 0.29) is 24.0 Å². The number of benzene rings is 2. The van der Waals surface area contributed by atoms with Gasteiger partial charge in [0, 0.05) is 20.2 Å². The maximum Gasteiger partial charge on any atom is 0.318 e. The molecule has 0 unspecified atom stereocenters. The summed E-state index contributed by atoms with van der Waals surface area (Å²) in [5, 5.41) is 2.89. The summed E-state index contributed by atoms with van der Waals surface area (Å²) in [5.74, 6) is -0.297. The summed E-state index contributed by atoms with van der Waals surface area (Å²) in [6.45, 7) is 0.966. The van der Waals surface area contributed by atoms with Gasteiger partial charge < -0.3 is 15.0 Å². The van der Waals surface area contributed by atoms with Crippen LogP contribution in [0, 0.1) is 5.82 Å². The Kier molecular flexibility index (Phi) is 5.66. The van der Waals surface area contributed by atoms with E-state index in [9.17, 15) is 9.18 Å². The molecule has 0 aliphatic carbocycles. The van der Waals surface area contributed by atoms with Crippen LogP contribution in [-0.4, -0.2) is 36.7 Å². The standard InChI is InChI=1S/C20H23FN2O2/c1-25-19-10-11-23(18(19)13-15-6-3-2-4-7-15)20(24)22-14-16-8-5-9-17(21)12-16/h2-9,12,18-19H,10-11,13-14H2,1H3,(H,22,24)/t18-,19+/m0/s1. The lowest BCUT2D eigenvalue weighted by atomic mass is 10.0. The normalized spacial score (nSPS) is 19.8. The van der Waals surface area contributed by atoms with Crippen molar-refractivity contribution in [2.24, 2.45) is 0 Å². The van der Waals surface area contributed by atoms with Gasteiger partial charge in [-0.1, -0.05) is 42.5 Å². The molecule has 2 aromatic carbocycles. The summed E-state index contributed by atoms with van der Waals surface area (Å²) in [4.78, 5) is 14.5. The van der Waals surface area contributed by atoms with E-state index in [2.05, 4.69) is 17.4 Å². The Morgan fingerprint density at radius 2 is 1.96 bits per heavy atom. The molecule has 0 spiro atoms. The highest BCUT2D eigenvalue weighted by atomic mass is 19.1. The maximum absolute atomic E-state index is 13.3. The predicted molar refractivity (Wildman–Crippen MR) is 94.7 cm³/mol. The van der Waals surface area contributed by atoms with Crippen molar-refractivity contribution in [2.45, 2.75) is 31.5 Å². The van der Waals surface area contributed by atoms with Crippen LogP contribution in [0.3, 0.4) is 0 Å². The van der Waals surface area contributed by atoms with Crippen molar-refractivity contribution in [3.05, 3.63) is 71.5 Å². The number of rotatable bonds is 5. The second kappa shape index (κ2) is 8.12. The maximum atomic E-state index is 13.3. The van der Waals surface area contributed by atoms with Crippen LogP contribution in [0.15, 0.2) is 54.6 Å². The molecule has 1 saturated heterocycles. The van der Waals surface area contributed by atoms with Crippen molar-refractivity contribution < 1.29 is 13.9 Å². The molecule has 0 saturated carbocycles. The highest BCUT2D eigenvalue weighted by Crippen LogP contribution is 2.24. The lowest BCUT2D eigenvalue weighted by Gasteiger charge is -2.28. The molecule has 2 atom stereocenters. The zero-order valence-electron chi connectivity index (χ0n) is 14.3. The van der Waals surface area contributed by atoms with Gasteiger partial charge in [-0.15, -0.1) is 0 Å². The number of amides is 2. The first-order chi connectivity index (χ1) is 12.2. The number of carbonyl (C=O) groups excluding carboxylic acids is 1. The molecule has 25 heavy (non-hydrogen) atoms. The second-order valence-corrected chi connectivity index (χ2v) is 6.30. The average molecular weight is 342 g/mol. The lowest BCUT2D eigenvalue weighted by Crippen LogP contribution is -2.46. The van der Waals surface area contributed by atoms with Crippen LogP contribution in [0.25, 0.3) is 0 Å². The molecule has 2 amide bonds. The fraction of sp³-hybridized carbons (Fsp3) is 0.350. The number of likely N-dealkylation sites (tertiary alicyclic amines) is 1.